The van der Waals surface area contributed by atoms with Crippen molar-refractivity contribution < 1.29 is 9.47 Å². The van der Waals surface area contributed by atoms with Gasteiger partial charge in [-0.15, -0.1) is 24.0 Å². The molecule has 2 N–H and O–H groups in total. The van der Waals surface area contributed by atoms with Crippen LogP contribution in [0, 0.1) is 5.92 Å². The molecule has 0 bridgehead atoms. The number of hydrogen-bond acceptors (Lipinski definition) is 4. The first-order chi connectivity index (χ1) is 11.2. The second kappa shape index (κ2) is 12.3. The largest absolute Gasteiger partial charge is 0.380 e. The highest BCUT2D eigenvalue weighted by atomic mass is 127. The molecule has 0 aliphatic carbocycles. The van der Waals surface area contributed by atoms with E-state index in [1.54, 1.807) is 7.05 Å². The molecule has 0 aromatic heterocycles. The highest BCUT2D eigenvalue weighted by Gasteiger charge is 2.31. The molecule has 0 saturated carbocycles. The predicted molar refractivity (Wildman–Crippen MR) is 109 cm³/mol. The zero-order valence-corrected chi connectivity index (χ0v) is 17.8. The lowest BCUT2D eigenvalue weighted by atomic mass is 10.1. The number of morpholine rings is 1. The maximum absolute atomic E-state index is 5.96. The van der Waals surface area contributed by atoms with Gasteiger partial charge in [0.25, 0.3) is 0 Å². The fraction of sp³-hybridized carbons (Fsp3) is 0.941. The van der Waals surface area contributed by atoms with E-state index in [-0.39, 0.29) is 30.1 Å². The monoisotopic (exact) mass is 454 g/mol. The van der Waals surface area contributed by atoms with E-state index in [9.17, 15) is 0 Å². The molecule has 6 nitrogen and oxygen atoms in total. The van der Waals surface area contributed by atoms with Crippen molar-refractivity contribution >= 4 is 29.9 Å². The number of nitrogens with zero attached hydrogens (tertiary/aromatic N) is 2. The van der Waals surface area contributed by atoms with Gasteiger partial charge in [-0.2, -0.15) is 0 Å². The summed E-state index contributed by atoms with van der Waals surface area (Å²) in [5.74, 6) is 1.52. The van der Waals surface area contributed by atoms with Crippen molar-refractivity contribution in [3.05, 3.63) is 0 Å². The fourth-order valence-corrected chi connectivity index (χ4v) is 3.10. The molecule has 2 atom stereocenters. The van der Waals surface area contributed by atoms with Gasteiger partial charge in [0.1, 0.15) is 0 Å². The third kappa shape index (κ3) is 7.84. The average molecular weight is 454 g/mol. The van der Waals surface area contributed by atoms with Gasteiger partial charge in [0.2, 0.25) is 0 Å². The summed E-state index contributed by atoms with van der Waals surface area (Å²) in [6.07, 6.45) is 3.97. The van der Waals surface area contributed by atoms with Gasteiger partial charge >= 0.3 is 0 Å². The Labute approximate surface area is 164 Å². The van der Waals surface area contributed by atoms with Gasteiger partial charge in [0, 0.05) is 39.3 Å². The maximum atomic E-state index is 5.96. The minimum absolute atomic E-state index is 0. The lowest BCUT2D eigenvalue weighted by molar-refractivity contribution is -0.0453. The Hall–Kier alpha value is -0.120. The lowest BCUT2D eigenvalue weighted by Crippen LogP contribution is -2.51. The van der Waals surface area contributed by atoms with Crippen molar-refractivity contribution in [2.75, 3.05) is 53.0 Å². The molecule has 2 saturated heterocycles. The summed E-state index contributed by atoms with van der Waals surface area (Å²) in [4.78, 5) is 6.82. The molecular formula is C17H35IN4O2. The van der Waals surface area contributed by atoms with Crippen LogP contribution in [-0.2, 0) is 9.47 Å². The molecule has 2 heterocycles. The molecule has 2 fully saturated rings. The van der Waals surface area contributed by atoms with Crippen LogP contribution < -0.4 is 10.6 Å². The number of nitrogens with one attached hydrogen (secondary N) is 2. The van der Waals surface area contributed by atoms with E-state index in [0.717, 1.165) is 45.2 Å². The van der Waals surface area contributed by atoms with Crippen molar-refractivity contribution in [1.82, 2.24) is 15.5 Å². The Morgan fingerprint density at radius 1 is 1.33 bits per heavy atom. The van der Waals surface area contributed by atoms with Crippen molar-refractivity contribution in [1.29, 1.82) is 0 Å². The lowest BCUT2D eigenvalue weighted by Gasteiger charge is -2.35. The normalized spacial score (nSPS) is 24.6. The number of aliphatic imine (C=N–C) groups is 1. The van der Waals surface area contributed by atoms with E-state index < -0.39 is 0 Å². The van der Waals surface area contributed by atoms with Crippen LogP contribution in [0.3, 0.4) is 0 Å². The zero-order chi connectivity index (χ0) is 16.5. The maximum Gasteiger partial charge on any atom is 0.191 e. The standard InChI is InChI=1S/C17H34N4O2.HI/c1-14(2)6-9-22-10-7-19-17(18-3)20-11-16-12-21-8-4-5-15(21)13-23-16;/h14-16H,4-13H2,1-3H3,(H2,18,19,20);1H. The van der Waals surface area contributed by atoms with Crippen LogP contribution in [0.1, 0.15) is 33.1 Å². The predicted octanol–water partition coefficient (Wildman–Crippen LogP) is 1.70. The van der Waals surface area contributed by atoms with Crippen molar-refractivity contribution in [3.8, 4) is 0 Å². The molecule has 2 unspecified atom stereocenters. The summed E-state index contributed by atoms with van der Waals surface area (Å²) < 4.78 is 11.6. The van der Waals surface area contributed by atoms with Crippen molar-refractivity contribution in [3.63, 3.8) is 0 Å². The zero-order valence-electron chi connectivity index (χ0n) is 15.4. The molecule has 0 aromatic rings. The van der Waals surface area contributed by atoms with Crippen LogP contribution in [-0.4, -0.2) is 76.1 Å². The molecule has 0 radical (unpaired) electrons. The number of hydrogen-bond donors (Lipinski definition) is 2. The van der Waals surface area contributed by atoms with E-state index in [4.69, 9.17) is 9.47 Å². The van der Waals surface area contributed by atoms with E-state index in [1.165, 1.54) is 19.4 Å². The summed E-state index contributed by atoms with van der Waals surface area (Å²) in [7, 11) is 1.80. The second-order valence-electron chi connectivity index (χ2n) is 6.92. The molecule has 0 amide bonds. The molecule has 0 aromatic carbocycles. The second-order valence-corrected chi connectivity index (χ2v) is 6.92. The van der Waals surface area contributed by atoms with Crippen LogP contribution in [0.2, 0.25) is 0 Å². The first-order valence-corrected chi connectivity index (χ1v) is 9.07. The number of halogens is 1. The molecule has 0 spiro atoms. The summed E-state index contributed by atoms with van der Waals surface area (Å²) in [6, 6.07) is 0.659. The molecule has 2 aliphatic heterocycles. The molecular weight excluding hydrogens is 419 g/mol. The summed E-state index contributed by atoms with van der Waals surface area (Å²) in [6.45, 7) is 10.7. The quantitative estimate of drug-likeness (QED) is 0.253. The van der Waals surface area contributed by atoms with Gasteiger partial charge < -0.3 is 20.1 Å². The van der Waals surface area contributed by atoms with E-state index in [2.05, 4.69) is 34.4 Å². The van der Waals surface area contributed by atoms with E-state index in [0.29, 0.717) is 18.6 Å². The van der Waals surface area contributed by atoms with Gasteiger partial charge in [-0.25, -0.2) is 0 Å². The van der Waals surface area contributed by atoms with Gasteiger partial charge in [0.05, 0.1) is 19.3 Å². The molecule has 7 heteroatoms. The number of rotatable bonds is 8. The molecule has 2 aliphatic rings. The molecule has 142 valence electrons. The summed E-state index contributed by atoms with van der Waals surface area (Å²) in [5, 5.41) is 6.65. The minimum Gasteiger partial charge on any atom is -0.380 e. The van der Waals surface area contributed by atoms with Gasteiger partial charge in [0.15, 0.2) is 5.96 Å². The van der Waals surface area contributed by atoms with Gasteiger partial charge in [-0.05, 0) is 31.7 Å². The Morgan fingerprint density at radius 3 is 2.92 bits per heavy atom. The smallest absolute Gasteiger partial charge is 0.191 e. The Morgan fingerprint density at radius 2 is 2.17 bits per heavy atom. The molecule has 2 rings (SSSR count). The van der Waals surface area contributed by atoms with Crippen LogP contribution >= 0.6 is 24.0 Å². The number of fused-ring (bicyclic) bond motifs is 1. The topological polar surface area (TPSA) is 58.1 Å². The highest BCUT2D eigenvalue weighted by Crippen LogP contribution is 2.22. The van der Waals surface area contributed by atoms with Crippen LogP contribution in [0.25, 0.3) is 0 Å². The number of ether oxygens (including phenoxy) is 2. The fourth-order valence-electron chi connectivity index (χ4n) is 3.10. The Bertz CT molecular complexity index is 368. The first kappa shape index (κ1) is 21.9. The SMILES string of the molecule is CN=C(NCCOCCC(C)C)NCC1CN2CCCC2CO1.I. The van der Waals surface area contributed by atoms with Crippen LogP contribution in [0.15, 0.2) is 4.99 Å². The Balaban J connectivity index is 0.00000288. The minimum atomic E-state index is 0. The third-order valence-corrected chi connectivity index (χ3v) is 4.56. The molecule has 24 heavy (non-hydrogen) atoms. The van der Waals surface area contributed by atoms with Crippen molar-refractivity contribution in [2.24, 2.45) is 10.9 Å². The first-order valence-electron chi connectivity index (χ1n) is 9.07. The third-order valence-electron chi connectivity index (χ3n) is 4.56. The van der Waals surface area contributed by atoms with Crippen LogP contribution in [0.5, 0.6) is 0 Å². The highest BCUT2D eigenvalue weighted by molar-refractivity contribution is 14.0. The van der Waals surface area contributed by atoms with Crippen LogP contribution in [0.4, 0.5) is 0 Å². The average Bonchev–Trinajstić information content (AvgIpc) is 3.00. The summed E-state index contributed by atoms with van der Waals surface area (Å²) >= 11 is 0. The Kier molecular flexibility index (Phi) is 11.2. The number of guanidine groups is 1. The summed E-state index contributed by atoms with van der Waals surface area (Å²) in [5.41, 5.74) is 0. The van der Waals surface area contributed by atoms with Gasteiger partial charge in [-0.1, -0.05) is 13.8 Å². The van der Waals surface area contributed by atoms with Crippen molar-refractivity contribution in [2.45, 2.75) is 45.3 Å². The van der Waals surface area contributed by atoms with E-state index >= 15 is 0 Å². The van der Waals surface area contributed by atoms with Gasteiger partial charge in [-0.3, -0.25) is 9.89 Å². The van der Waals surface area contributed by atoms with E-state index in [1.807, 2.05) is 0 Å².